The van der Waals surface area contributed by atoms with Gasteiger partial charge in [-0.25, -0.2) is 0 Å². The van der Waals surface area contributed by atoms with E-state index in [1.807, 2.05) is 36.4 Å². The lowest BCUT2D eigenvalue weighted by Gasteiger charge is -2.08. The Labute approximate surface area is 112 Å². The third-order valence-corrected chi connectivity index (χ3v) is 2.99. The van der Waals surface area contributed by atoms with Crippen molar-refractivity contribution in [1.29, 1.82) is 0 Å². The summed E-state index contributed by atoms with van der Waals surface area (Å²) in [6.07, 6.45) is 0.932. The van der Waals surface area contributed by atoms with Crippen LogP contribution < -0.4 is 16.8 Å². The minimum Gasteiger partial charge on any atom is -0.397 e. The standard InChI is InChI=1S/C14H16ClN3/c15-11-3-1-10(2-4-11)7-8-18-12-5-6-13(16)14(17)9-12/h1-6,9,18H,7-8,16-17H2. The average Bonchev–Trinajstić information content (AvgIpc) is 2.36. The Kier molecular flexibility index (Phi) is 3.95. The van der Waals surface area contributed by atoms with Crippen molar-refractivity contribution in [2.24, 2.45) is 0 Å². The van der Waals surface area contributed by atoms with Crippen LogP contribution in [0.5, 0.6) is 0 Å². The highest BCUT2D eigenvalue weighted by molar-refractivity contribution is 6.30. The van der Waals surface area contributed by atoms with Gasteiger partial charge in [0.25, 0.3) is 0 Å². The molecule has 0 aliphatic heterocycles. The zero-order chi connectivity index (χ0) is 13.0. The number of anilines is 3. The van der Waals surface area contributed by atoms with Crippen molar-refractivity contribution in [2.75, 3.05) is 23.3 Å². The van der Waals surface area contributed by atoms with E-state index in [4.69, 9.17) is 23.1 Å². The number of benzene rings is 2. The zero-order valence-corrected chi connectivity index (χ0v) is 10.7. The molecule has 0 unspecified atom stereocenters. The first-order valence-electron chi connectivity index (χ1n) is 5.78. The molecule has 4 heteroatoms. The van der Waals surface area contributed by atoms with Crippen LogP contribution in [0.15, 0.2) is 42.5 Å². The quantitative estimate of drug-likeness (QED) is 0.741. The number of rotatable bonds is 4. The molecule has 0 amide bonds. The highest BCUT2D eigenvalue weighted by Gasteiger charge is 1.97. The third kappa shape index (κ3) is 3.31. The Bertz CT molecular complexity index is 523. The van der Waals surface area contributed by atoms with Crippen LogP contribution in [0.2, 0.25) is 5.02 Å². The number of hydrogen-bond acceptors (Lipinski definition) is 3. The molecule has 18 heavy (non-hydrogen) atoms. The van der Waals surface area contributed by atoms with E-state index in [2.05, 4.69) is 5.32 Å². The molecule has 2 rings (SSSR count). The smallest absolute Gasteiger partial charge is 0.0568 e. The topological polar surface area (TPSA) is 64.1 Å². The maximum atomic E-state index is 5.83. The van der Waals surface area contributed by atoms with Crippen LogP contribution in [0, 0.1) is 0 Å². The fourth-order valence-electron chi connectivity index (χ4n) is 1.69. The summed E-state index contributed by atoms with van der Waals surface area (Å²) in [6, 6.07) is 13.4. The van der Waals surface area contributed by atoms with Gasteiger partial charge in [0.2, 0.25) is 0 Å². The fourth-order valence-corrected chi connectivity index (χ4v) is 1.81. The number of nitrogens with one attached hydrogen (secondary N) is 1. The SMILES string of the molecule is Nc1ccc(NCCc2ccc(Cl)cc2)cc1N. The third-order valence-electron chi connectivity index (χ3n) is 2.74. The minimum absolute atomic E-state index is 0.603. The number of halogens is 1. The Morgan fingerprint density at radius 3 is 2.33 bits per heavy atom. The molecule has 0 aromatic heterocycles. The molecule has 2 aromatic rings. The van der Waals surface area contributed by atoms with E-state index in [1.54, 1.807) is 6.07 Å². The lowest BCUT2D eigenvalue weighted by molar-refractivity contribution is 1.02. The molecule has 0 heterocycles. The van der Waals surface area contributed by atoms with Gasteiger partial charge in [-0.3, -0.25) is 0 Å². The summed E-state index contributed by atoms with van der Waals surface area (Å²) in [7, 11) is 0. The van der Waals surface area contributed by atoms with E-state index in [1.165, 1.54) is 5.56 Å². The van der Waals surface area contributed by atoms with Crippen LogP contribution in [0.25, 0.3) is 0 Å². The normalized spacial score (nSPS) is 10.3. The van der Waals surface area contributed by atoms with Crippen molar-refractivity contribution in [2.45, 2.75) is 6.42 Å². The number of nitrogens with two attached hydrogens (primary N) is 2. The van der Waals surface area contributed by atoms with Gasteiger partial charge in [-0.15, -0.1) is 0 Å². The van der Waals surface area contributed by atoms with E-state index in [0.717, 1.165) is 23.7 Å². The van der Waals surface area contributed by atoms with Gasteiger partial charge < -0.3 is 16.8 Å². The fraction of sp³-hybridized carbons (Fsp3) is 0.143. The second kappa shape index (κ2) is 5.65. The second-order valence-electron chi connectivity index (χ2n) is 4.15. The van der Waals surface area contributed by atoms with Crippen LogP contribution in [0.3, 0.4) is 0 Å². The van der Waals surface area contributed by atoms with Gasteiger partial charge in [-0.1, -0.05) is 23.7 Å². The van der Waals surface area contributed by atoms with E-state index >= 15 is 0 Å². The Morgan fingerprint density at radius 1 is 0.944 bits per heavy atom. The molecule has 0 saturated carbocycles. The van der Waals surface area contributed by atoms with Crippen LogP contribution in [-0.4, -0.2) is 6.54 Å². The molecule has 0 aliphatic carbocycles. The first-order valence-corrected chi connectivity index (χ1v) is 6.16. The van der Waals surface area contributed by atoms with Gasteiger partial charge in [0, 0.05) is 17.3 Å². The summed E-state index contributed by atoms with van der Waals surface area (Å²) < 4.78 is 0. The van der Waals surface area contributed by atoms with Crippen LogP contribution in [-0.2, 0) is 6.42 Å². The largest absolute Gasteiger partial charge is 0.397 e. The van der Waals surface area contributed by atoms with E-state index < -0.39 is 0 Å². The van der Waals surface area contributed by atoms with Crippen molar-refractivity contribution in [3.05, 3.63) is 53.1 Å². The summed E-state index contributed by atoms with van der Waals surface area (Å²) in [5, 5.41) is 4.07. The Morgan fingerprint density at radius 2 is 1.67 bits per heavy atom. The molecular weight excluding hydrogens is 246 g/mol. The molecular formula is C14H16ClN3. The molecule has 5 N–H and O–H groups in total. The Hall–Kier alpha value is -1.87. The van der Waals surface area contributed by atoms with Crippen molar-refractivity contribution < 1.29 is 0 Å². The summed E-state index contributed by atoms with van der Waals surface area (Å²) in [6.45, 7) is 0.838. The van der Waals surface area contributed by atoms with Gasteiger partial charge in [-0.2, -0.15) is 0 Å². The molecule has 0 atom stereocenters. The maximum absolute atomic E-state index is 5.83. The van der Waals surface area contributed by atoms with Crippen LogP contribution in [0.4, 0.5) is 17.1 Å². The maximum Gasteiger partial charge on any atom is 0.0568 e. The molecule has 0 aliphatic rings. The van der Waals surface area contributed by atoms with Gasteiger partial charge in [0.05, 0.1) is 11.4 Å². The second-order valence-corrected chi connectivity index (χ2v) is 4.58. The predicted molar refractivity (Wildman–Crippen MR) is 78.9 cm³/mol. The molecule has 94 valence electrons. The molecule has 0 spiro atoms. The molecule has 2 aromatic carbocycles. The molecule has 0 radical (unpaired) electrons. The number of nitrogen functional groups attached to an aromatic ring is 2. The van der Waals surface area contributed by atoms with E-state index in [-0.39, 0.29) is 0 Å². The van der Waals surface area contributed by atoms with Crippen molar-refractivity contribution in [1.82, 2.24) is 0 Å². The molecule has 0 bridgehead atoms. The van der Waals surface area contributed by atoms with Gasteiger partial charge in [0.1, 0.15) is 0 Å². The molecule has 0 saturated heterocycles. The van der Waals surface area contributed by atoms with E-state index in [0.29, 0.717) is 11.4 Å². The average molecular weight is 262 g/mol. The summed E-state index contributed by atoms with van der Waals surface area (Å²) in [5.41, 5.74) is 14.8. The predicted octanol–water partition coefficient (Wildman–Crippen LogP) is 3.16. The minimum atomic E-state index is 0.603. The number of hydrogen-bond donors (Lipinski definition) is 3. The first-order chi connectivity index (χ1) is 8.65. The van der Waals surface area contributed by atoms with Crippen molar-refractivity contribution >= 4 is 28.7 Å². The van der Waals surface area contributed by atoms with Crippen molar-refractivity contribution in [3.63, 3.8) is 0 Å². The molecule has 3 nitrogen and oxygen atoms in total. The summed E-state index contributed by atoms with van der Waals surface area (Å²) >= 11 is 5.83. The highest BCUT2D eigenvalue weighted by Crippen LogP contribution is 2.19. The van der Waals surface area contributed by atoms with E-state index in [9.17, 15) is 0 Å². The van der Waals surface area contributed by atoms with Gasteiger partial charge >= 0.3 is 0 Å². The van der Waals surface area contributed by atoms with Crippen molar-refractivity contribution in [3.8, 4) is 0 Å². The lowest BCUT2D eigenvalue weighted by atomic mass is 10.1. The summed E-state index contributed by atoms with van der Waals surface area (Å²) in [4.78, 5) is 0. The highest BCUT2D eigenvalue weighted by atomic mass is 35.5. The van der Waals surface area contributed by atoms with Crippen LogP contribution >= 0.6 is 11.6 Å². The van der Waals surface area contributed by atoms with Crippen LogP contribution in [0.1, 0.15) is 5.56 Å². The van der Waals surface area contributed by atoms with Gasteiger partial charge in [0.15, 0.2) is 0 Å². The Balaban J connectivity index is 1.88. The molecule has 0 fully saturated rings. The van der Waals surface area contributed by atoms with Gasteiger partial charge in [-0.05, 0) is 42.3 Å². The monoisotopic (exact) mass is 261 g/mol. The summed E-state index contributed by atoms with van der Waals surface area (Å²) in [5.74, 6) is 0. The zero-order valence-electron chi connectivity index (χ0n) is 9.99. The lowest BCUT2D eigenvalue weighted by Crippen LogP contribution is -2.05. The first kappa shape index (κ1) is 12.6.